The molecule has 31 heavy (non-hydrogen) atoms. The van der Waals surface area contributed by atoms with Gasteiger partial charge in [-0.2, -0.15) is 0 Å². The van der Waals surface area contributed by atoms with E-state index in [0.29, 0.717) is 6.54 Å². The summed E-state index contributed by atoms with van der Waals surface area (Å²) in [4.78, 5) is 28.9. The maximum atomic E-state index is 13.7. The molecule has 1 aliphatic heterocycles. The Hall–Kier alpha value is -3.92. The second kappa shape index (κ2) is 8.07. The zero-order valence-electron chi connectivity index (χ0n) is 16.9. The summed E-state index contributed by atoms with van der Waals surface area (Å²) in [5.74, 6) is -0.270. The van der Waals surface area contributed by atoms with E-state index in [1.807, 2.05) is 103 Å². The summed E-state index contributed by atoms with van der Waals surface area (Å²) in [5, 5.41) is 5.01. The summed E-state index contributed by atoms with van der Waals surface area (Å²) >= 11 is 0. The minimum atomic E-state index is -0.696. The first-order chi connectivity index (χ1) is 15.2. The Labute approximate surface area is 181 Å². The van der Waals surface area contributed by atoms with Crippen molar-refractivity contribution >= 4 is 22.6 Å². The number of benzene rings is 4. The molecule has 4 nitrogen and oxygen atoms in total. The van der Waals surface area contributed by atoms with Crippen molar-refractivity contribution in [3.63, 3.8) is 0 Å². The van der Waals surface area contributed by atoms with Gasteiger partial charge in [-0.25, -0.2) is 0 Å². The highest BCUT2D eigenvalue weighted by Gasteiger charge is 2.42. The minimum Gasteiger partial charge on any atom is -0.338 e. The molecule has 1 aliphatic rings. The Bertz CT molecular complexity index is 1230. The molecule has 4 aromatic carbocycles. The maximum absolute atomic E-state index is 13.7. The predicted octanol–water partition coefficient (Wildman–Crippen LogP) is 4.78. The highest BCUT2D eigenvalue weighted by Crippen LogP contribution is 2.35. The first-order valence-electron chi connectivity index (χ1n) is 10.4. The monoisotopic (exact) mass is 406 g/mol. The molecule has 1 heterocycles. The fourth-order valence-electron chi connectivity index (χ4n) is 4.34. The third kappa shape index (κ3) is 3.57. The van der Waals surface area contributed by atoms with Gasteiger partial charge >= 0.3 is 0 Å². The number of fused-ring (bicyclic) bond motifs is 1. The van der Waals surface area contributed by atoms with E-state index >= 15 is 0 Å². The van der Waals surface area contributed by atoms with Gasteiger partial charge in [0, 0.05) is 6.54 Å². The van der Waals surface area contributed by atoms with Crippen molar-refractivity contribution in [1.82, 2.24) is 10.2 Å². The molecule has 0 saturated carbocycles. The van der Waals surface area contributed by atoms with Gasteiger partial charge in [0.15, 0.2) is 0 Å². The van der Waals surface area contributed by atoms with Gasteiger partial charge in [-0.15, -0.1) is 0 Å². The van der Waals surface area contributed by atoms with Crippen LogP contribution in [0.5, 0.6) is 0 Å². The quantitative estimate of drug-likeness (QED) is 0.530. The molecule has 152 valence electrons. The van der Waals surface area contributed by atoms with Gasteiger partial charge < -0.3 is 10.2 Å². The normalized spacial score (nSPS) is 18.8. The van der Waals surface area contributed by atoms with Gasteiger partial charge in [0.1, 0.15) is 12.1 Å². The van der Waals surface area contributed by atoms with Crippen LogP contribution in [0, 0.1) is 0 Å². The molecule has 0 bridgehead atoms. The fraction of sp³-hybridized carbons (Fsp3) is 0.111. The fourth-order valence-corrected chi connectivity index (χ4v) is 4.34. The van der Waals surface area contributed by atoms with Crippen LogP contribution in [0.15, 0.2) is 103 Å². The standard InChI is InChI=1S/C27H22N2O2/c30-26-25(23-17-9-15-20-12-7-8-16-22(20)23)29(18-19-10-3-1-4-11-19)27(31)24(28-26)21-13-5-2-6-14-21/h1-17,24-25H,18H2,(H,28,30). The van der Waals surface area contributed by atoms with Gasteiger partial charge in [-0.1, -0.05) is 103 Å². The van der Waals surface area contributed by atoms with Crippen molar-refractivity contribution in [2.24, 2.45) is 0 Å². The van der Waals surface area contributed by atoms with E-state index in [4.69, 9.17) is 0 Å². The summed E-state index contributed by atoms with van der Waals surface area (Å²) in [6.07, 6.45) is 0. The largest absolute Gasteiger partial charge is 0.338 e. The van der Waals surface area contributed by atoms with Crippen molar-refractivity contribution in [3.8, 4) is 0 Å². The summed E-state index contributed by atoms with van der Waals surface area (Å²) in [5.41, 5.74) is 2.62. The lowest BCUT2D eigenvalue weighted by Crippen LogP contribution is -2.54. The van der Waals surface area contributed by atoms with Crippen LogP contribution in [0.4, 0.5) is 0 Å². The van der Waals surface area contributed by atoms with Crippen LogP contribution < -0.4 is 5.32 Å². The average Bonchev–Trinajstić information content (AvgIpc) is 2.82. The number of hydrogen-bond acceptors (Lipinski definition) is 2. The first-order valence-corrected chi connectivity index (χ1v) is 10.4. The molecule has 1 fully saturated rings. The topological polar surface area (TPSA) is 49.4 Å². The second-order valence-corrected chi connectivity index (χ2v) is 7.77. The van der Waals surface area contributed by atoms with Gasteiger partial charge in [0.05, 0.1) is 0 Å². The second-order valence-electron chi connectivity index (χ2n) is 7.77. The zero-order valence-corrected chi connectivity index (χ0v) is 16.9. The first kappa shape index (κ1) is 19.1. The molecular formula is C27H22N2O2. The molecule has 2 unspecified atom stereocenters. The number of carbonyl (C=O) groups is 2. The lowest BCUT2D eigenvalue weighted by atomic mass is 9.92. The molecule has 4 heteroatoms. The van der Waals surface area contributed by atoms with Crippen molar-refractivity contribution in [2.45, 2.75) is 18.6 Å². The maximum Gasteiger partial charge on any atom is 0.251 e. The number of amides is 2. The van der Waals surface area contributed by atoms with Crippen LogP contribution in [-0.2, 0) is 16.1 Å². The third-order valence-electron chi connectivity index (χ3n) is 5.82. The lowest BCUT2D eigenvalue weighted by molar-refractivity contribution is -0.150. The van der Waals surface area contributed by atoms with Gasteiger partial charge in [-0.05, 0) is 27.5 Å². The summed E-state index contributed by atoms with van der Waals surface area (Å²) in [6, 6.07) is 31.7. The molecule has 0 radical (unpaired) electrons. The van der Waals surface area contributed by atoms with Crippen molar-refractivity contribution in [2.75, 3.05) is 0 Å². The number of rotatable bonds is 4. The van der Waals surface area contributed by atoms with Crippen LogP contribution in [0.1, 0.15) is 28.8 Å². The Morgan fingerprint density at radius 3 is 2.13 bits per heavy atom. The number of carbonyl (C=O) groups excluding carboxylic acids is 2. The van der Waals surface area contributed by atoms with E-state index in [2.05, 4.69) is 5.32 Å². The molecule has 2 atom stereocenters. The van der Waals surface area contributed by atoms with E-state index < -0.39 is 12.1 Å². The van der Waals surface area contributed by atoms with Crippen molar-refractivity contribution in [1.29, 1.82) is 0 Å². The van der Waals surface area contributed by atoms with Gasteiger partial charge in [0.2, 0.25) is 5.91 Å². The molecule has 1 saturated heterocycles. The Morgan fingerprint density at radius 1 is 0.710 bits per heavy atom. The van der Waals surface area contributed by atoms with Crippen molar-refractivity contribution in [3.05, 3.63) is 120 Å². The van der Waals surface area contributed by atoms with Crippen LogP contribution in [0.25, 0.3) is 10.8 Å². The molecule has 1 N–H and O–H groups in total. The van der Waals surface area contributed by atoms with E-state index in [-0.39, 0.29) is 11.8 Å². The summed E-state index contributed by atoms with van der Waals surface area (Å²) < 4.78 is 0. The molecule has 0 aliphatic carbocycles. The molecule has 4 aromatic rings. The van der Waals surface area contributed by atoms with Crippen LogP contribution >= 0.6 is 0 Å². The van der Waals surface area contributed by atoms with Gasteiger partial charge in [0.25, 0.3) is 5.91 Å². The van der Waals surface area contributed by atoms with E-state index in [1.165, 1.54) is 0 Å². The Balaban J connectivity index is 1.62. The minimum absolute atomic E-state index is 0.104. The van der Waals surface area contributed by atoms with Gasteiger partial charge in [-0.3, -0.25) is 9.59 Å². The molecule has 0 aromatic heterocycles. The van der Waals surface area contributed by atoms with E-state index in [9.17, 15) is 9.59 Å². The summed E-state index contributed by atoms with van der Waals surface area (Å²) in [6.45, 7) is 0.365. The van der Waals surface area contributed by atoms with Crippen LogP contribution in [0.2, 0.25) is 0 Å². The van der Waals surface area contributed by atoms with Crippen molar-refractivity contribution < 1.29 is 9.59 Å². The van der Waals surface area contributed by atoms with E-state index in [0.717, 1.165) is 27.5 Å². The third-order valence-corrected chi connectivity index (χ3v) is 5.82. The Morgan fingerprint density at radius 2 is 1.35 bits per heavy atom. The van der Waals surface area contributed by atoms with E-state index in [1.54, 1.807) is 4.90 Å². The van der Waals surface area contributed by atoms with Crippen LogP contribution in [-0.4, -0.2) is 16.7 Å². The van der Waals surface area contributed by atoms with Crippen LogP contribution in [0.3, 0.4) is 0 Å². The lowest BCUT2D eigenvalue weighted by Gasteiger charge is -2.39. The predicted molar refractivity (Wildman–Crippen MR) is 121 cm³/mol. The Kier molecular flexibility index (Phi) is 4.97. The highest BCUT2D eigenvalue weighted by atomic mass is 16.2. The number of piperazine rings is 1. The molecule has 0 spiro atoms. The zero-order chi connectivity index (χ0) is 21.2. The molecule has 5 rings (SSSR count). The number of nitrogens with zero attached hydrogens (tertiary/aromatic N) is 1. The smallest absolute Gasteiger partial charge is 0.251 e. The molecular weight excluding hydrogens is 384 g/mol. The molecule has 2 amide bonds. The number of nitrogens with one attached hydrogen (secondary N) is 1. The highest BCUT2D eigenvalue weighted by molar-refractivity contribution is 6.01. The number of hydrogen-bond donors (Lipinski definition) is 1. The summed E-state index contributed by atoms with van der Waals surface area (Å²) in [7, 11) is 0. The average molecular weight is 406 g/mol. The SMILES string of the molecule is O=C1NC(c2ccccc2)C(=O)N(Cc2ccccc2)C1c1cccc2ccccc12.